The van der Waals surface area contributed by atoms with Crippen molar-refractivity contribution in [1.29, 1.82) is 0 Å². The van der Waals surface area contributed by atoms with E-state index in [9.17, 15) is 14.4 Å². The monoisotopic (exact) mass is 585 g/mol. The van der Waals surface area contributed by atoms with Crippen molar-refractivity contribution in [3.8, 4) is 0 Å². The van der Waals surface area contributed by atoms with Crippen LogP contribution in [0.3, 0.4) is 0 Å². The number of benzene rings is 1. The molecule has 8 nitrogen and oxygen atoms in total. The number of ether oxygens (including phenoxy) is 2. The van der Waals surface area contributed by atoms with Crippen LogP contribution in [0.5, 0.6) is 0 Å². The lowest BCUT2D eigenvalue weighted by Gasteiger charge is -2.39. The summed E-state index contributed by atoms with van der Waals surface area (Å²) < 4.78 is 11.9. The van der Waals surface area contributed by atoms with Gasteiger partial charge in [0.2, 0.25) is 17.7 Å². The molecule has 3 rings (SSSR count). The van der Waals surface area contributed by atoms with Crippen molar-refractivity contribution in [2.24, 2.45) is 17.8 Å². The first-order chi connectivity index (χ1) is 20.0. The predicted molar refractivity (Wildman–Crippen MR) is 166 cm³/mol. The van der Waals surface area contributed by atoms with E-state index in [0.29, 0.717) is 19.5 Å². The molecule has 2 aliphatic rings. The smallest absolute Gasteiger partial charge is 0.225 e. The molecule has 1 aromatic rings. The highest BCUT2D eigenvalue weighted by atomic mass is 16.5. The summed E-state index contributed by atoms with van der Waals surface area (Å²) in [6, 6.07) is 9.99. The Balaban J connectivity index is 1.67. The van der Waals surface area contributed by atoms with Gasteiger partial charge < -0.3 is 24.6 Å². The van der Waals surface area contributed by atoms with E-state index >= 15 is 0 Å². The number of hydrogen-bond donors (Lipinski definition) is 1. The number of nitrogens with zero attached hydrogens (tertiary/aromatic N) is 2. The maximum absolute atomic E-state index is 13.8. The van der Waals surface area contributed by atoms with Crippen LogP contribution in [0.1, 0.15) is 85.1 Å². The molecule has 0 radical (unpaired) electrons. The highest BCUT2D eigenvalue weighted by Crippen LogP contribution is 2.47. The Hall–Kier alpha value is -2.45. The van der Waals surface area contributed by atoms with Gasteiger partial charge in [-0.3, -0.25) is 14.4 Å². The number of likely N-dealkylation sites (tertiary alicyclic amines) is 1. The Kier molecular flexibility index (Phi) is 12.4. The zero-order valence-electron chi connectivity index (χ0n) is 27.2. The lowest BCUT2D eigenvalue weighted by Crippen LogP contribution is -2.53. The minimum Gasteiger partial charge on any atom is -0.379 e. The molecule has 0 aromatic heterocycles. The molecule has 1 aromatic carbocycles. The summed E-state index contributed by atoms with van der Waals surface area (Å²) >= 11 is 0. The molecule has 3 amide bonds. The Bertz CT molecular complexity index is 1030. The summed E-state index contributed by atoms with van der Waals surface area (Å²) in [7, 11) is 5.09. The molecule has 2 fully saturated rings. The third-order valence-electron chi connectivity index (χ3n) is 9.73. The molecular weight excluding hydrogens is 530 g/mol. The Morgan fingerprint density at radius 2 is 1.71 bits per heavy atom. The molecule has 1 aliphatic heterocycles. The Labute approximate surface area is 253 Å². The van der Waals surface area contributed by atoms with Gasteiger partial charge in [-0.15, -0.1) is 0 Å². The van der Waals surface area contributed by atoms with Crippen LogP contribution < -0.4 is 5.32 Å². The lowest BCUT2D eigenvalue weighted by atomic mass is 9.90. The minimum absolute atomic E-state index is 0.0157. The van der Waals surface area contributed by atoms with Gasteiger partial charge in [0.1, 0.15) is 0 Å². The van der Waals surface area contributed by atoms with Gasteiger partial charge in [0.25, 0.3) is 0 Å². The van der Waals surface area contributed by atoms with E-state index in [1.54, 1.807) is 19.1 Å². The number of nitrogens with one attached hydrogen (secondary N) is 1. The summed E-state index contributed by atoms with van der Waals surface area (Å²) in [6.45, 7) is 11.4. The van der Waals surface area contributed by atoms with E-state index in [-0.39, 0.29) is 53.5 Å². The van der Waals surface area contributed by atoms with Gasteiger partial charge in [-0.05, 0) is 43.1 Å². The molecule has 0 bridgehead atoms. The second-order valence-corrected chi connectivity index (χ2v) is 13.1. The molecular formula is C34H55N3O5. The fraction of sp³-hybridized carbons (Fsp3) is 0.735. The number of rotatable bonds is 16. The molecule has 1 heterocycles. The van der Waals surface area contributed by atoms with Gasteiger partial charge in [-0.1, -0.05) is 71.4 Å². The first-order valence-electron chi connectivity index (χ1n) is 15.9. The summed E-state index contributed by atoms with van der Waals surface area (Å²) in [5.74, 6) is 0.0238. The van der Waals surface area contributed by atoms with Gasteiger partial charge in [-0.25, -0.2) is 0 Å². The van der Waals surface area contributed by atoms with Crippen molar-refractivity contribution in [1.82, 2.24) is 15.1 Å². The first kappa shape index (κ1) is 34.0. The average Bonchev–Trinajstić information content (AvgIpc) is 3.63. The van der Waals surface area contributed by atoms with Crippen molar-refractivity contribution in [3.05, 3.63) is 35.9 Å². The van der Waals surface area contributed by atoms with Gasteiger partial charge in [0, 0.05) is 46.2 Å². The van der Waals surface area contributed by atoms with Crippen molar-refractivity contribution >= 4 is 17.7 Å². The first-order valence-corrected chi connectivity index (χ1v) is 15.9. The van der Waals surface area contributed by atoms with E-state index in [1.165, 1.54) is 5.56 Å². The normalized spacial score (nSPS) is 21.4. The highest BCUT2D eigenvalue weighted by molar-refractivity contribution is 5.80. The van der Waals surface area contributed by atoms with Crippen LogP contribution in [-0.4, -0.2) is 86.2 Å². The van der Waals surface area contributed by atoms with Crippen LogP contribution in [0, 0.1) is 17.8 Å². The lowest BCUT2D eigenvalue weighted by molar-refractivity contribution is -0.146. The molecule has 6 atom stereocenters. The maximum Gasteiger partial charge on any atom is 0.225 e. The zero-order valence-corrected chi connectivity index (χ0v) is 27.2. The highest BCUT2D eigenvalue weighted by Gasteiger charge is 2.46. The second-order valence-electron chi connectivity index (χ2n) is 13.1. The van der Waals surface area contributed by atoms with E-state index in [0.717, 1.165) is 32.1 Å². The SMILES string of the molecule is CCC(C)C(C(CC(=O)N1CCCC1C(OC)C(C)C(=O)NCC1(c2ccccc2)CC1)OC)N(C)C(=O)CC(C)C. The zero-order chi connectivity index (χ0) is 31.0. The summed E-state index contributed by atoms with van der Waals surface area (Å²) in [5, 5.41) is 3.20. The Morgan fingerprint density at radius 3 is 2.26 bits per heavy atom. The summed E-state index contributed by atoms with van der Waals surface area (Å²) in [5.41, 5.74) is 1.30. The summed E-state index contributed by atoms with van der Waals surface area (Å²) in [4.78, 5) is 43.9. The van der Waals surface area contributed by atoms with Gasteiger partial charge in [-0.2, -0.15) is 0 Å². The van der Waals surface area contributed by atoms with Gasteiger partial charge in [0.05, 0.1) is 36.6 Å². The number of methoxy groups -OCH3 is 2. The molecule has 1 N–H and O–H groups in total. The molecule has 1 saturated heterocycles. The predicted octanol–water partition coefficient (Wildman–Crippen LogP) is 4.80. The molecule has 42 heavy (non-hydrogen) atoms. The number of likely N-dealkylation sites (N-methyl/N-ethyl adjacent to an activating group) is 1. The van der Waals surface area contributed by atoms with Crippen LogP contribution >= 0.6 is 0 Å². The van der Waals surface area contributed by atoms with E-state index in [1.807, 2.05) is 50.9 Å². The Morgan fingerprint density at radius 1 is 1.05 bits per heavy atom. The van der Waals surface area contributed by atoms with Crippen molar-refractivity contribution in [2.45, 2.75) is 109 Å². The van der Waals surface area contributed by atoms with Crippen molar-refractivity contribution in [2.75, 3.05) is 34.4 Å². The van der Waals surface area contributed by atoms with Crippen LogP contribution in [0.2, 0.25) is 0 Å². The van der Waals surface area contributed by atoms with Gasteiger partial charge >= 0.3 is 0 Å². The standard InChI is InChI=1S/C34H55N3O5/c1-9-24(4)31(36(6)29(38)20-23(2)3)28(41-7)21-30(39)37-19-13-16-27(37)32(42-8)25(5)33(40)35-22-34(17-18-34)26-14-11-10-12-15-26/h10-12,14-15,23-25,27-28,31-32H,9,13,16-22H2,1-8H3,(H,35,40). The minimum atomic E-state index is -0.427. The molecule has 1 saturated carbocycles. The molecule has 6 unspecified atom stereocenters. The molecule has 8 heteroatoms. The molecule has 1 aliphatic carbocycles. The molecule has 0 spiro atoms. The fourth-order valence-electron chi connectivity index (χ4n) is 6.75. The topological polar surface area (TPSA) is 88.2 Å². The third-order valence-corrected chi connectivity index (χ3v) is 9.73. The quantitative estimate of drug-likeness (QED) is 0.301. The maximum atomic E-state index is 13.8. The van der Waals surface area contributed by atoms with E-state index in [4.69, 9.17) is 9.47 Å². The third kappa shape index (κ3) is 8.13. The fourth-order valence-corrected chi connectivity index (χ4v) is 6.75. The van der Waals surface area contributed by atoms with Crippen LogP contribution in [0.25, 0.3) is 0 Å². The summed E-state index contributed by atoms with van der Waals surface area (Å²) in [6.07, 6.45) is 4.46. The van der Waals surface area contributed by atoms with Crippen LogP contribution in [0.15, 0.2) is 30.3 Å². The number of carbonyl (C=O) groups excluding carboxylic acids is 3. The van der Waals surface area contributed by atoms with E-state index in [2.05, 4.69) is 31.3 Å². The average molecular weight is 586 g/mol. The van der Waals surface area contributed by atoms with Crippen LogP contribution in [0.4, 0.5) is 0 Å². The van der Waals surface area contributed by atoms with Crippen molar-refractivity contribution < 1.29 is 23.9 Å². The van der Waals surface area contributed by atoms with Crippen LogP contribution in [-0.2, 0) is 29.3 Å². The number of carbonyl (C=O) groups is 3. The van der Waals surface area contributed by atoms with Crippen molar-refractivity contribution in [3.63, 3.8) is 0 Å². The molecule has 236 valence electrons. The number of hydrogen-bond acceptors (Lipinski definition) is 5. The second kappa shape index (κ2) is 15.3. The largest absolute Gasteiger partial charge is 0.379 e. The van der Waals surface area contributed by atoms with Gasteiger partial charge in [0.15, 0.2) is 0 Å². The van der Waals surface area contributed by atoms with E-state index < -0.39 is 18.1 Å². The number of amides is 3.